The number of nitrogens with two attached hydrogens (primary N) is 1. The van der Waals surface area contributed by atoms with Crippen LogP contribution in [0.2, 0.25) is 0 Å². The van der Waals surface area contributed by atoms with Crippen LogP contribution in [-0.4, -0.2) is 52.8 Å². The molecule has 1 amide bonds. The Morgan fingerprint density at radius 3 is 2.74 bits per heavy atom. The van der Waals surface area contributed by atoms with Gasteiger partial charge in [0.2, 0.25) is 0 Å². The minimum absolute atomic E-state index is 0.160. The van der Waals surface area contributed by atoms with Crippen LogP contribution < -0.4 is 11.1 Å². The molecule has 2 aromatic carbocycles. The molecule has 3 rings (SSSR count). The quantitative estimate of drug-likeness (QED) is 0.300. The van der Waals surface area contributed by atoms with Crippen LogP contribution in [0.25, 0.3) is 11.1 Å². The first-order valence-electron chi connectivity index (χ1n) is 12.2. The first-order chi connectivity index (χ1) is 16.6. The normalized spacial score (nSPS) is 20.0. The van der Waals surface area contributed by atoms with Crippen LogP contribution >= 0.6 is 0 Å². The number of hydrogen-bond donors (Lipinski definition) is 4. The summed E-state index contributed by atoms with van der Waals surface area (Å²) in [5.41, 5.74) is 6.13. The summed E-state index contributed by atoms with van der Waals surface area (Å²) in [5.74, 6) is -0.763. The van der Waals surface area contributed by atoms with E-state index in [4.69, 9.17) is 10.8 Å². The van der Waals surface area contributed by atoms with Gasteiger partial charge in [0.1, 0.15) is 11.5 Å². The van der Waals surface area contributed by atoms with Crippen molar-refractivity contribution in [3.63, 3.8) is 0 Å². The average Bonchev–Trinajstić information content (AvgIpc) is 2.86. The fourth-order valence-electron chi connectivity index (χ4n) is 5.12. The Labute approximate surface area is 206 Å². The molecule has 1 saturated heterocycles. The van der Waals surface area contributed by atoms with Crippen LogP contribution in [0.15, 0.2) is 42.5 Å². The van der Waals surface area contributed by atoms with Gasteiger partial charge in [0, 0.05) is 31.1 Å². The number of carbonyl (C=O) groups is 2. The summed E-state index contributed by atoms with van der Waals surface area (Å²) in [6.07, 6.45) is 2.33. The second-order valence-corrected chi connectivity index (χ2v) is 9.60. The minimum Gasteiger partial charge on any atom is -0.465 e. The van der Waals surface area contributed by atoms with Crippen molar-refractivity contribution in [3.05, 3.63) is 59.4 Å². The molecule has 0 spiro atoms. The molecule has 7 nitrogen and oxygen atoms in total. The van der Waals surface area contributed by atoms with Crippen LogP contribution in [0.4, 0.5) is 9.18 Å². The summed E-state index contributed by atoms with van der Waals surface area (Å²) in [6.45, 7) is 4.81. The number of aldehydes is 1. The van der Waals surface area contributed by atoms with Gasteiger partial charge in [-0.3, -0.25) is 9.69 Å². The van der Waals surface area contributed by atoms with Gasteiger partial charge in [0.05, 0.1) is 5.60 Å². The molecule has 0 aliphatic carbocycles. The zero-order valence-electron chi connectivity index (χ0n) is 20.5. The van der Waals surface area contributed by atoms with Gasteiger partial charge in [-0.1, -0.05) is 43.3 Å². The predicted molar refractivity (Wildman–Crippen MR) is 133 cm³/mol. The molecule has 2 unspecified atom stereocenters. The van der Waals surface area contributed by atoms with Gasteiger partial charge in [0.25, 0.3) is 0 Å². The number of nitrogens with zero attached hydrogens (tertiary/aromatic N) is 1. The second-order valence-electron chi connectivity index (χ2n) is 9.60. The molecule has 1 aliphatic heterocycles. The maximum Gasteiger partial charge on any atom is 0.404 e. The summed E-state index contributed by atoms with van der Waals surface area (Å²) in [4.78, 5) is 24.4. The van der Waals surface area contributed by atoms with Gasteiger partial charge in [0.15, 0.2) is 6.29 Å². The molecule has 1 aliphatic rings. The predicted octanol–water partition coefficient (Wildman–Crippen LogP) is 3.88. The molecule has 35 heavy (non-hydrogen) atoms. The van der Waals surface area contributed by atoms with E-state index < -0.39 is 23.2 Å². The molecule has 1 fully saturated rings. The Kier molecular flexibility index (Phi) is 8.64. The fraction of sp³-hybridized carbons (Fsp3) is 0.481. The SMILES string of the molecule is CCc1cccc(-c2c(F)cccc2C(O)(CCCNC(=O)O)C2CCCN([C@](C)(N)C=O)C2)c1. The number of nitrogens with one attached hydrogen (secondary N) is 1. The van der Waals surface area contributed by atoms with Crippen molar-refractivity contribution < 1.29 is 24.2 Å². The lowest BCUT2D eigenvalue weighted by Gasteiger charge is -2.46. The minimum atomic E-state index is -1.46. The van der Waals surface area contributed by atoms with E-state index in [-0.39, 0.29) is 18.9 Å². The Morgan fingerprint density at radius 1 is 1.31 bits per heavy atom. The molecule has 1 heterocycles. The Bertz CT molecular complexity index is 1040. The highest BCUT2D eigenvalue weighted by molar-refractivity contribution is 5.70. The summed E-state index contributed by atoms with van der Waals surface area (Å²) in [7, 11) is 0. The summed E-state index contributed by atoms with van der Waals surface area (Å²) < 4.78 is 15.4. The van der Waals surface area contributed by atoms with E-state index in [0.29, 0.717) is 48.9 Å². The Balaban J connectivity index is 2.08. The van der Waals surface area contributed by atoms with Gasteiger partial charge >= 0.3 is 6.09 Å². The first kappa shape index (κ1) is 26.8. The van der Waals surface area contributed by atoms with Crippen LogP contribution in [0.3, 0.4) is 0 Å². The van der Waals surface area contributed by atoms with E-state index >= 15 is 4.39 Å². The molecule has 2 aromatic rings. The molecular formula is C27H36FN3O4. The van der Waals surface area contributed by atoms with Gasteiger partial charge in [-0.25, -0.2) is 9.18 Å². The fourth-order valence-corrected chi connectivity index (χ4v) is 5.12. The zero-order valence-corrected chi connectivity index (χ0v) is 20.5. The lowest BCUT2D eigenvalue weighted by atomic mass is 9.71. The number of amides is 1. The largest absolute Gasteiger partial charge is 0.465 e. The van der Waals surface area contributed by atoms with E-state index in [9.17, 15) is 14.7 Å². The number of aryl methyl sites for hydroxylation is 1. The lowest BCUT2D eigenvalue weighted by Crippen LogP contribution is -2.60. The highest BCUT2D eigenvalue weighted by atomic mass is 19.1. The first-order valence-corrected chi connectivity index (χ1v) is 12.2. The van der Waals surface area contributed by atoms with Crippen molar-refractivity contribution in [2.75, 3.05) is 19.6 Å². The van der Waals surface area contributed by atoms with E-state index in [0.717, 1.165) is 18.4 Å². The molecule has 0 radical (unpaired) electrons. The van der Waals surface area contributed by atoms with Gasteiger partial charge in [-0.2, -0.15) is 0 Å². The summed E-state index contributed by atoms with van der Waals surface area (Å²) >= 11 is 0. The van der Waals surface area contributed by atoms with Gasteiger partial charge in [-0.15, -0.1) is 0 Å². The zero-order chi connectivity index (χ0) is 25.6. The maximum absolute atomic E-state index is 15.4. The molecule has 0 aromatic heterocycles. The van der Waals surface area contributed by atoms with Gasteiger partial charge < -0.3 is 21.3 Å². The molecule has 3 atom stereocenters. The van der Waals surface area contributed by atoms with Crippen molar-refractivity contribution in [1.29, 1.82) is 0 Å². The number of carbonyl (C=O) groups excluding carboxylic acids is 1. The molecule has 5 N–H and O–H groups in total. The molecule has 8 heteroatoms. The molecule has 190 valence electrons. The third-order valence-electron chi connectivity index (χ3n) is 7.13. The number of rotatable bonds is 10. The Hall–Kier alpha value is -2.81. The third-order valence-corrected chi connectivity index (χ3v) is 7.13. The van der Waals surface area contributed by atoms with Crippen molar-refractivity contribution in [2.24, 2.45) is 11.7 Å². The van der Waals surface area contributed by atoms with Crippen LogP contribution in [-0.2, 0) is 16.8 Å². The second kappa shape index (κ2) is 11.3. The van der Waals surface area contributed by atoms with Crippen molar-refractivity contribution >= 4 is 12.4 Å². The topological polar surface area (TPSA) is 116 Å². The number of likely N-dealkylation sites (tertiary alicyclic amines) is 1. The maximum atomic E-state index is 15.4. The van der Waals surface area contributed by atoms with Crippen molar-refractivity contribution in [3.8, 4) is 11.1 Å². The highest BCUT2D eigenvalue weighted by Crippen LogP contribution is 2.44. The number of benzene rings is 2. The van der Waals surface area contributed by atoms with Crippen LogP contribution in [0.1, 0.15) is 50.7 Å². The van der Waals surface area contributed by atoms with Crippen molar-refractivity contribution in [2.45, 2.75) is 57.2 Å². The van der Waals surface area contributed by atoms with E-state index in [1.165, 1.54) is 6.07 Å². The van der Waals surface area contributed by atoms with Crippen LogP contribution in [0.5, 0.6) is 0 Å². The smallest absolute Gasteiger partial charge is 0.404 e. The third kappa shape index (κ3) is 6.07. The number of halogens is 1. The summed E-state index contributed by atoms with van der Waals surface area (Å²) in [6, 6.07) is 12.4. The van der Waals surface area contributed by atoms with E-state index in [2.05, 4.69) is 5.32 Å². The molecular weight excluding hydrogens is 449 g/mol. The summed E-state index contributed by atoms with van der Waals surface area (Å²) in [5, 5.41) is 23.6. The standard InChI is InChI=1S/C27H36FN3O4/c1-3-19-8-4-9-20(16-19)24-22(11-5-12-23(24)28)27(35,13-7-14-30-25(33)34)21-10-6-15-31(17-21)26(2,29)18-32/h4-5,8-9,11-12,16,18,21,30,35H,3,6-7,10,13-15,17,29H2,1-2H3,(H,33,34)/t21?,26-,27?/m0/s1. The van der Waals surface area contributed by atoms with E-state index in [1.54, 1.807) is 19.1 Å². The van der Waals surface area contributed by atoms with Crippen LogP contribution in [0, 0.1) is 11.7 Å². The van der Waals surface area contributed by atoms with Crippen molar-refractivity contribution in [1.82, 2.24) is 10.2 Å². The monoisotopic (exact) mass is 485 g/mol. The highest BCUT2D eigenvalue weighted by Gasteiger charge is 2.44. The Morgan fingerprint density at radius 2 is 2.06 bits per heavy atom. The lowest BCUT2D eigenvalue weighted by molar-refractivity contribution is -0.122. The molecule has 0 saturated carbocycles. The number of aliphatic hydroxyl groups is 1. The van der Waals surface area contributed by atoms with E-state index in [1.807, 2.05) is 36.1 Å². The number of carboxylic acid groups (broad SMARTS) is 1. The average molecular weight is 486 g/mol. The number of piperidine rings is 1. The number of hydrogen-bond acceptors (Lipinski definition) is 5. The molecule has 0 bridgehead atoms. The van der Waals surface area contributed by atoms with Gasteiger partial charge in [-0.05, 0) is 61.8 Å².